The molecule has 0 unspecified atom stereocenters. The lowest BCUT2D eigenvalue weighted by Gasteiger charge is -2.20. The number of hydrogen-bond donors (Lipinski definition) is 1. The van der Waals surface area contributed by atoms with Crippen molar-refractivity contribution in [3.63, 3.8) is 0 Å². The Kier molecular flexibility index (Phi) is 3.30. The lowest BCUT2D eigenvalue weighted by atomic mass is 9.84. The van der Waals surface area contributed by atoms with Crippen molar-refractivity contribution in [2.75, 3.05) is 7.11 Å². The number of nitrogens with one attached hydrogen (secondary N) is 1. The van der Waals surface area contributed by atoms with Gasteiger partial charge in [0.15, 0.2) is 0 Å². The number of ether oxygens (including phenoxy) is 1. The second-order valence-corrected chi connectivity index (χ2v) is 6.08. The summed E-state index contributed by atoms with van der Waals surface area (Å²) in [6, 6.07) is 6.58. The Morgan fingerprint density at radius 1 is 1.27 bits per heavy atom. The zero-order chi connectivity index (χ0) is 15.1. The molecule has 0 spiro atoms. The van der Waals surface area contributed by atoms with Crippen molar-refractivity contribution in [1.29, 1.82) is 0 Å². The predicted molar refractivity (Wildman–Crippen MR) is 81.3 cm³/mol. The standard InChI is InChI=1S/C17H18FN3O/c1-22-16-7-10(4-5-19-16)14-6-11(9-20-17(14)18)13-8-12-2-3-15(13)21-12/h4-7,9,12-13,15,21H,2-3,8H2,1H3/t12-,13-,15-/m1/s1. The second kappa shape index (κ2) is 5.32. The van der Waals surface area contributed by atoms with Gasteiger partial charge in [0.25, 0.3) is 0 Å². The SMILES string of the molecule is COc1cc(-c2cc([C@H]3C[C@H]4CC[C@H]3N4)cnc2F)ccn1. The number of methoxy groups -OCH3 is 1. The smallest absolute Gasteiger partial charge is 0.220 e. The maximum Gasteiger partial charge on any atom is 0.220 e. The fraction of sp³-hybridized carbons (Fsp3) is 0.412. The van der Waals surface area contributed by atoms with Crippen LogP contribution in [0.1, 0.15) is 30.7 Å². The van der Waals surface area contributed by atoms with E-state index in [4.69, 9.17) is 4.74 Å². The van der Waals surface area contributed by atoms with E-state index in [2.05, 4.69) is 15.3 Å². The van der Waals surface area contributed by atoms with Gasteiger partial charge in [0, 0.05) is 42.0 Å². The molecule has 0 saturated carbocycles. The molecule has 0 aliphatic carbocycles. The molecule has 3 atom stereocenters. The van der Waals surface area contributed by atoms with E-state index in [1.54, 1.807) is 31.6 Å². The molecule has 2 aromatic rings. The third kappa shape index (κ3) is 2.25. The summed E-state index contributed by atoms with van der Waals surface area (Å²) in [5.41, 5.74) is 2.38. The van der Waals surface area contributed by atoms with Gasteiger partial charge in [-0.05, 0) is 42.5 Å². The minimum Gasteiger partial charge on any atom is -0.481 e. The van der Waals surface area contributed by atoms with Gasteiger partial charge in [0.1, 0.15) is 0 Å². The topological polar surface area (TPSA) is 47.0 Å². The Balaban J connectivity index is 1.71. The van der Waals surface area contributed by atoms with Gasteiger partial charge in [-0.15, -0.1) is 0 Å². The Hall–Kier alpha value is -2.01. The normalized spacial score (nSPS) is 26.4. The van der Waals surface area contributed by atoms with Gasteiger partial charge in [0.05, 0.1) is 7.11 Å². The van der Waals surface area contributed by atoms with Crippen LogP contribution < -0.4 is 10.1 Å². The van der Waals surface area contributed by atoms with E-state index in [0.717, 1.165) is 17.5 Å². The van der Waals surface area contributed by atoms with Crippen LogP contribution in [0.2, 0.25) is 0 Å². The highest BCUT2D eigenvalue weighted by molar-refractivity contribution is 5.64. The number of hydrogen-bond acceptors (Lipinski definition) is 4. The van der Waals surface area contributed by atoms with Crippen LogP contribution >= 0.6 is 0 Å². The summed E-state index contributed by atoms with van der Waals surface area (Å²) in [6.45, 7) is 0. The first-order chi connectivity index (χ1) is 10.7. The number of fused-ring (bicyclic) bond motifs is 2. The molecule has 2 fully saturated rings. The molecule has 5 heteroatoms. The molecule has 4 rings (SSSR count). The Morgan fingerprint density at radius 3 is 2.91 bits per heavy atom. The highest BCUT2D eigenvalue weighted by atomic mass is 19.1. The molecule has 4 heterocycles. The summed E-state index contributed by atoms with van der Waals surface area (Å²) in [4.78, 5) is 8.05. The third-order valence-electron chi connectivity index (χ3n) is 4.84. The first kappa shape index (κ1) is 13.6. The summed E-state index contributed by atoms with van der Waals surface area (Å²) in [5.74, 6) is 0.464. The Morgan fingerprint density at radius 2 is 2.18 bits per heavy atom. The van der Waals surface area contributed by atoms with Crippen molar-refractivity contribution in [2.24, 2.45) is 0 Å². The molecular formula is C17H18FN3O. The maximum atomic E-state index is 14.2. The van der Waals surface area contributed by atoms with E-state index < -0.39 is 5.95 Å². The average Bonchev–Trinajstić information content (AvgIpc) is 3.18. The van der Waals surface area contributed by atoms with E-state index in [0.29, 0.717) is 29.4 Å². The van der Waals surface area contributed by atoms with Crippen molar-refractivity contribution in [3.8, 4) is 17.0 Å². The van der Waals surface area contributed by atoms with Crippen molar-refractivity contribution in [3.05, 3.63) is 42.1 Å². The van der Waals surface area contributed by atoms with Crippen molar-refractivity contribution < 1.29 is 9.13 Å². The zero-order valence-corrected chi connectivity index (χ0v) is 12.4. The van der Waals surface area contributed by atoms with Gasteiger partial charge in [-0.2, -0.15) is 4.39 Å². The summed E-state index contributed by atoms with van der Waals surface area (Å²) in [7, 11) is 1.55. The molecule has 1 N–H and O–H groups in total. The molecule has 2 aromatic heterocycles. The summed E-state index contributed by atoms with van der Waals surface area (Å²) in [6.07, 6.45) is 6.88. The van der Waals surface area contributed by atoms with Gasteiger partial charge >= 0.3 is 0 Å². The van der Waals surface area contributed by atoms with Crippen LogP contribution in [0, 0.1) is 5.95 Å². The van der Waals surface area contributed by atoms with Crippen LogP contribution in [-0.4, -0.2) is 29.2 Å². The van der Waals surface area contributed by atoms with Gasteiger partial charge in [-0.25, -0.2) is 9.97 Å². The van der Waals surface area contributed by atoms with E-state index in [1.807, 2.05) is 6.07 Å². The fourth-order valence-corrected chi connectivity index (χ4v) is 3.75. The number of nitrogens with zero attached hydrogens (tertiary/aromatic N) is 2. The highest BCUT2D eigenvalue weighted by Gasteiger charge is 2.39. The first-order valence-corrected chi connectivity index (χ1v) is 7.66. The van der Waals surface area contributed by atoms with Crippen LogP contribution in [0.3, 0.4) is 0 Å². The molecule has 0 amide bonds. The lowest BCUT2D eigenvalue weighted by Crippen LogP contribution is -2.21. The van der Waals surface area contributed by atoms with Gasteiger partial charge in [-0.3, -0.25) is 0 Å². The Bertz CT molecular complexity index is 706. The molecule has 2 saturated heterocycles. The summed E-state index contributed by atoms with van der Waals surface area (Å²) in [5, 5.41) is 3.62. The fourth-order valence-electron chi connectivity index (χ4n) is 3.75. The van der Waals surface area contributed by atoms with Crippen LogP contribution in [0.5, 0.6) is 5.88 Å². The van der Waals surface area contributed by atoms with Crippen LogP contribution in [0.15, 0.2) is 30.6 Å². The van der Waals surface area contributed by atoms with Gasteiger partial charge < -0.3 is 10.1 Å². The summed E-state index contributed by atoms with van der Waals surface area (Å²) >= 11 is 0. The lowest BCUT2D eigenvalue weighted by molar-refractivity contribution is 0.398. The van der Waals surface area contributed by atoms with Crippen LogP contribution in [0.25, 0.3) is 11.1 Å². The van der Waals surface area contributed by atoms with E-state index >= 15 is 0 Å². The van der Waals surface area contributed by atoms with Crippen LogP contribution in [-0.2, 0) is 0 Å². The summed E-state index contributed by atoms with van der Waals surface area (Å²) < 4.78 is 19.3. The predicted octanol–water partition coefficient (Wildman–Crippen LogP) is 2.90. The zero-order valence-electron chi connectivity index (χ0n) is 12.4. The monoisotopic (exact) mass is 299 g/mol. The maximum absolute atomic E-state index is 14.2. The number of aromatic nitrogens is 2. The molecule has 2 bridgehead atoms. The Labute approximate surface area is 128 Å². The van der Waals surface area contributed by atoms with Crippen molar-refractivity contribution in [1.82, 2.24) is 15.3 Å². The first-order valence-electron chi connectivity index (χ1n) is 7.66. The average molecular weight is 299 g/mol. The van der Waals surface area contributed by atoms with E-state index in [-0.39, 0.29) is 0 Å². The largest absolute Gasteiger partial charge is 0.481 e. The molecule has 4 nitrogen and oxygen atoms in total. The number of halogens is 1. The quantitative estimate of drug-likeness (QED) is 0.885. The molecule has 2 aliphatic rings. The molecule has 114 valence electrons. The van der Waals surface area contributed by atoms with E-state index in [1.165, 1.54) is 12.8 Å². The minimum absolute atomic E-state index is 0.439. The van der Waals surface area contributed by atoms with Gasteiger partial charge in [-0.1, -0.05) is 0 Å². The molecule has 0 radical (unpaired) electrons. The van der Waals surface area contributed by atoms with Crippen molar-refractivity contribution in [2.45, 2.75) is 37.3 Å². The molecule has 2 aliphatic heterocycles. The highest BCUT2D eigenvalue weighted by Crippen LogP contribution is 2.40. The number of pyridine rings is 2. The van der Waals surface area contributed by atoms with Crippen LogP contribution in [0.4, 0.5) is 4.39 Å². The minimum atomic E-state index is -0.451. The van der Waals surface area contributed by atoms with Gasteiger partial charge in [0.2, 0.25) is 11.8 Å². The van der Waals surface area contributed by atoms with E-state index in [9.17, 15) is 4.39 Å². The number of rotatable bonds is 3. The molecule has 0 aromatic carbocycles. The third-order valence-corrected chi connectivity index (χ3v) is 4.84. The molecular weight excluding hydrogens is 281 g/mol. The second-order valence-electron chi connectivity index (χ2n) is 6.08. The van der Waals surface area contributed by atoms with Crippen molar-refractivity contribution >= 4 is 0 Å². The molecule has 22 heavy (non-hydrogen) atoms.